The lowest BCUT2D eigenvalue weighted by atomic mass is 10.2. The maximum absolute atomic E-state index is 6.02. The SMILES string of the molecule is S=c1nc(-c2ccc(Cl)c(Cl)c2)[nH]c2c1CCC2. The molecule has 0 radical (unpaired) electrons. The van der Waals surface area contributed by atoms with Crippen LogP contribution in [0.25, 0.3) is 11.4 Å². The summed E-state index contributed by atoms with van der Waals surface area (Å²) in [5.74, 6) is 0.763. The first kappa shape index (κ1) is 12.2. The van der Waals surface area contributed by atoms with Crippen molar-refractivity contribution in [2.24, 2.45) is 0 Å². The Balaban J connectivity index is 2.15. The molecule has 0 bridgehead atoms. The number of hydrogen-bond donors (Lipinski definition) is 1. The van der Waals surface area contributed by atoms with Crippen LogP contribution in [-0.4, -0.2) is 9.97 Å². The quantitative estimate of drug-likeness (QED) is 0.779. The summed E-state index contributed by atoms with van der Waals surface area (Å²) in [6, 6.07) is 5.47. The summed E-state index contributed by atoms with van der Waals surface area (Å²) < 4.78 is 0.697. The number of hydrogen-bond acceptors (Lipinski definition) is 2. The van der Waals surface area contributed by atoms with Crippen molar-refractivity contribution in [2.75, 3.05) is 0 Å². The van der Waals surface area contributed by atoms with Gasteiger partial charge in [-0.15, -0.1) is 0 Å². The highest BCUT2D eigenvalue weighted by atomic mass is 35.5. The number of H-pyrrole nitrogens is 1. The molecule has 0 atom stereocenters. The summed E-state index contributed by atoms with van der Waals surface area (Å²) in [6.45, 7) is 0. The zero-order valence-electron chi connectivity index (χ0n) is 9.46. The topological polar surface area (TPSA) is 28.7 Å². The van der Waals surface area contributed by atoms with Gasteiger partial charge < -0.3 is 4.98 Å². The van der Waals surface area contributed by atoms with Gasteiger partial charge in [0, 0.05) is 16.8 Å². The van der Waals surface area contributed by atoms with Crippen LogP contribution in [0.5, 0.6) is 0 Å². The van der Waals surface area contributed by atoms with Crippen LogP contribution >= 0.6 is 35.4 Å². The Hall–Kier alpha value is -0.900. The fourth-order valence-corrected chi connectivity index (χ4v) is 2.85. The van der Waals surface area contributed by atoms with Gasteiger partial charge in [0.05, 0.1) is 10.0 Å². The molecule has 0 aliphatic heterocycles. The summed E-state index contributed by atoms with van der Waals surface area (Å²) in [5, 5.41) is 1.07. The standard InChI is InChI=1S/C13H10Cl2N2S/c14-9-5-4-7(6-10(9)15)12-16-11-3-1-2-8(11)13(18)17-12/h4-6H,1-3H2,(H,16,17,18). The lowest BCUT2D eigenvalue weighted by molar-refractivity contribution is 0.899. The van der Waals surface area contributed by atoms with Crippen molar-refractivity contribution in [3.05, 3.63) is 44.1 Å². The van der Waals surface area contributed by atoms with Gasteiger partial charge in [0.1, 0.15) is 10.5 Å². The molecule has 18 heavy (non-hydrogen) atoms. The van der Waals surface area contributed by atoms with Crippen LogP contribution in [0.4, 0.5) is 0 Å². The van der Waals surface area contributed by atoms with E-state index in [1.807, 2.05) is 6.07 Å². The fourth-order valence-electron chi connectivity index (χ4n) is 2.24. The first-order chi connectivity index (χ1) is 8.65. The molecule has 0 unspecified atom stereocenters. The first-order valence-electron chi connectivity index (χ1n) is 5.72. The molecule has 0 saturated heterocycles. The minimum atomic E-state index is 0.524. The molecule has 1 aromatic heterocycles. The van der Waals surface area contributed by atoms with Crippen molar-refractivity contribution in [1.82, 2.24) is 9.97 Å². The third-order valence-corrected chi connectivity index (χ3v) is 4.23. The van der Waals surface area contributed by atoms with Gasteiger partial charge in [0.2, 0.25) is 0 Å². The van der Waals surface area contributed by atoms with E-state index in [4.69, 9.17) is 35.4 Å². The normalized spacial score (nSPS) is 13.7. The number of aromatic amines is 1. The summed E-state index contributed by atoms with van der Waals surface area (Å²) >= 11 is 17.3. The van der Waals surface area contributed by atoms with E-state index in [2.05, 4.69) is 9.97 Å². The van der Waals surface area contributed by atoms with Crippen LogP contribution in [0.1, 0.15) is 17.7 Å². The lowest BCUT2D eigenvalue weighted by Crippen LogP contribution is -1.97. The smallest absolute Gasteiger partial charge is 0.139 e. The second-order valence-electron chi connectivity index (χ2n) is 4.33. The predicted octanol–water partition coefficient (Wildman–Crippen LogP) is 4.60. The average molecular weight is 297 g/mol. The Morgan fingerprint density at radius 3 is 2.78 bits per heavy atom. The molecule has 0 fully saturated rings. The Kier molecular flexibility index (Phi) is 3.14. The molecule has 1 N–H and O–H groups in total. The molecule has 0 amide bonds. The zero-order chi connectivity index (χ0) is 12.7. The van der Waals surface area contributed by atoms with E-state index in [9.17, 15) is 0 Å². The Morgan fingerprint density at radius 1 is 1.17 bits per heavy atom. The summed E-state index contributed by atoms with van der Waals surface area (Å²) in [5.41, 5.74) is 3.30. The largest absolute Gasteiger partial charge is 0.343 e. The number of aryl methyl sites for hydroxylation is 1. The summed E-state index contributed by atoms with van der Waals surface area (Å²) in [7, 11) is 0. The molecule has 0 spiro atoms. The lowest BCUT2D eigenvalue weighted by Gasteiger charge is -2.06. The zero-order valence-corrected chi connectivity index (χ0v) is 11.8. The van der Waals surface area contributed by atoms with E-state index in [1.165, 1.54) is 11.3 Å². The molecule has 92 valence electrons. The van der Waals surface area contributed by atoms with Crippen LogP contribution in [0.15, 0.2) is 18.2 Å². The molecule has 2 nitrogen and oxygen atoms in total. The predicted molar refractivity (Wildman–Crippen MR) is 76.9 cm³/mol. The van der Waals surface area contributed by atoms with E-state index in [-0.39, 0.29) is 0 Å². The number of aromatic nitrogens is 2. The van der Waals surface area contributed by atoms with Crippen LogP contribution in [0.3, 0.4) is 0 Å². The fraction of sp³-hybridized carbons (Fsp3) is 0.231. The average Bonchev–Trinajstić information content (AvgIpc) is 2.81. The van der Waals surface area contributed by atoms with Crippen molar-refractivity contribution < 1.29 is 0 Å². The number of halogens is 2. The van der Waals surface area contributed by atoms with Crippen LogP contribution in [0.2, 0.25) is 10.0 Å². The number of nitrogens with zero attached hydrogens (tertiary/aromatic N) is 1. The van der Waals surface area contributed by atoms with Gasteiger partial charge in [-0.25, -0.2) is 4.98 Å². The van der Waals surface area contributed by atoms with Gasteiger partial charge in [-0.05, 0) is 37.5 Å². The maximum atomic E-state index is 6.02. The minimum absolute atomic E-state index is 0.524. The van der Waals surface area contributed by atoms with Gasteiger partial charge in [-0.2, -0.15) is 0 Å². The number of benzene rings is 1. The minimum Gasteiger partial charge on any atom is -0.343 e. The van der Waals surface area contributed by atoms with Crippen molar-refractivity contribution >= 4 is 35.4 Å². The molecule has 0 saturated carbocycles. The molecule has 5 heteroatoms. The molecule has 1 aliphatic rings. The molecule has 3 rings (SSSR count). The van der Waals surface area contributed by atoms with E-state index in [0.29, 0.717) is 14.7 Å². The maximum Gasteiger partial charge on any atom is 0.139 e. The van der Waals surface area contributed by atoms with Crippen molar-refractivity contribution in [3.63, 3.8) is 0 Å². The van der Waals surface area contributed by atoms with Crippen LogP contribution in [-0.2, 0) is 12.8 Å². The van der Waals surface area contributed by atoms with Gasteiger partial charge in [0.15, 0.2) is 0 Å². The molecule has 1 heterocycles. The second kappa shape index (κ2) is 4.65. The monoisotopic (exact) mass is 296 g/mol. The summed E-state index contributed by atoms with van der Waals surface area (Å²) in [4.78, 5) is 7.79. The van der Waals surface area contributed by atoms with E-state index < -0.39 is 0 Å². The molecule has 1 aliphatic carbocycles. The van der Waals surface area contributed by atoms with Crippen LogP contribution < -0.4 is 0 Å². The van der Waals surface area contributed by atoms with E-state index in [0.717, 1.165) is 30.7 Å². The Labute approximate surface area is 120 Å². The van der Waals surface area contributed by atoms with Crippen molar-refractivity contribution in [2.45, 2.75) is 19.3 Å². The number of fused-ring (bicyclic) bond motifs is 1. The molecule has 1 aromatic carbocycles. The van der Waals surface area contributed by atoms with Gasteiger partial charge in [-0.1, -0.05) is 35.4 Å². The Bertz CT molecular complexity index is 679. The van der Waals surface area contributed by atoms with E-state index >= 15 is 0 Å². The highest BCUT2D eigenvalue weighted by molar-refractivity contribution is 7.71. The highest BCUT2D eigenvalue weighted by Crippen LogP contribution is 2.28. The highest BCUT2D eigenvalue weighted by Gasteiger charge is 2.15. The van der Waals surface area contributed by atoms with Gasteiger partial charge in [0.25, 0.3) is 0 Å². The third kappa shape index (κ3) is 2.07. The van der Waals surface area contributed by atoms with Crippen molar-refractivity contribution in [1.29, 1.82) is 0 Å². The van der Waals surface area contributed by atoms with Crippen LogP contribution in [0, 0.1) is 4.64 Å². The molecular formula is C13H10Cl2N2S. The molecular weight excluding hydrogens is 287 g/mol. The van der Waals surface area contributed by atoms with Gasteiger partial charge in [-0.3, -0.25) is 0 Å². The number of nitrogens with one attached hydrogen (secondary N) is 1. The van der Waals surface area contributed by atoms with E-state index in [1.54, 1.807) is 12.1 Å². The van der Waals surface area contributed by atoms with Crippen molar-refractivity contribution in [3.8, 4) is 11.4 Å². The number of rotatable bonds is 1. The third-order valence-electron chi connectivity index (χ3n) is 3.15. The first-order valence-corrected chi connectivity index (χ1v) is 6.89. The Morgan fingerprint density at radius 2 is 2.00 bits per heavy atom. The second-order valence-corrected chi connectivity index (χ2v) is 5.53. The molecule has 2 aromatic rings. The summed E-state index contributed by atoms with van der Waals surface area (Å²) in [6.07, 6.45) is 3.21. The van der Waals surface area contributed by atoms with Gasteiger partial charge >= 0.3 is 0 Å².